The molecule has 2 aromatic heterocycles. The van der Waals surface area contributed by atoms with E-state index < -0.39 is 0 Å². The summed E-state index contributed by atoms with van der Waals surface area (Å²) in [4.78, 5) is 28.0. The molecule has 0 radical (unpaired) electrons. The third-order valence-electron chi connectivity index (χ3n) is 3.49. The summed E-state index contributed by atoms with van der Waals surface area (Å²) in [7, 11) is 1.63. The summed E-state index contributed by atoms with van der Waals surface area (Å²) in [5.41, 5.74) is 2.12. The normalized spacial score (nSPS) is 9.80. The fraction of sp³-hybridized carbons (Fsp3) is 0.0500. The molecule has 0 unspecified atom stereocenters. The molecule has 0 aliphatic carbocycles. The van der Waals surface area contributed by atoms with Crippen molar-refractivity contribution in [2.75, 3.05) is 5.32 Å². The van der Waals surface area contributed by atoms with Crippen LogP contribution >= 0.6 is 0 Å². The van der Waals surface area contributed by atoms with Crippen LogP contribution in [0.3, 0.4) is 0 Å². The first kappa shape index (κ1) is 16.2. The molecule has 1 N–H and O–H groups in total. The number of hydrogen-bond acceptors (Lipinski definition) is 3. The van der Waals surface area contributed by atoms with Crippen LogP contribution in [0.2, 0.25) is 0 Å². The maximum absolute atomic E-state index is 12.3. The number of carbonyl (C=O) groups is 1. The maximum Gasteiger partial charge on any atom is 0.255 e. The van der Waals surface area contributed by atoms with E-state index in [1.165, 1.54) is 10.6 Å². The molecule has 0 saturated heterocycles. The van der Waals surface area contributed by atoms with Gasteiger partial charge in [-0.15, -0.1) is 0 Å². The maximum atomic E-state index is 12.3. The van der Waals surface area contributed by atoms with Crippen LogP contribution in [0, 0.1) is 11.8 Å². The summed E-state index contributed by atoms with van der Waals surface area (Å²) in [6, 6.07) is 15.6. The summed E-state index contributed by atoms with van der Waals surface area (Å²) < 4.78 is 1.41. The summed E-state index contributed by atoms with van der Waals surface area (Å²) in [6.07, 6.45) is 3.25. The van der Waals surface area contributed by atoms with E-state index in [2.05, 4.69) is 22.1 Å². The van der Waals surface area contributed by atoms with Gasteiger partial charge in [0.2, 0.25) is 0 Å². The molecule has 0 spiro atoms. The first-order chi connectivity index (χ1) is 12.1. The number of pyridine rings is 2. The Kier molecular flexibility index (Phi) is 4.72. The van der Waals surface area contributed by atoms with Crippen molar-refractivity contribution in [3.8, 4) is 11.8 Å². The van der Waals surface area contributed by atoms with Crippen LogP contribution in [0.1, 0.15) is 21.6 Å². The number of benzene rings is 1. The standard InChI is InChI=1S/C20H15N3O2/c1-23-12-10-16(14-19(23)24)20(25)22-18-7-4-5-15(13-18)8-9-17-6-2-3-11-21-17/h2-7,10-14H,1H3,(H,22,25). The quantitative estimate of drug-likeness (QED) is 0.735. The van der Waals surface area contributed by atoms with Crippen molar-refractivity contribution in [3.63, 3.8) is 0 Å². The van der Waals surface area contributed by atoms with Crippen molar-refractivity contribution in [3.05, 3.63) is 94.2 Å². The van der Waals surface area contributed by atoms with Crippen molar-refractivity contribution < 1.29 is 4.79 Å². The largest absolute Gasteiger partial charge is 0.322 e. The molecule has 3 rings (SSSR count). The Balaban J connectivity index is 1.78. The molecule has 0 atom stereocenters. The lowest BCUT2D eigenvalue weighted by molar-refractivity contribution is 0.102. The molecular weight excluding hydrogens is 314 g/mol. The van der Waals surface area contributed by atoms with Gasteiger partial charge in [0.25, 0.3) is 11.5 Å². The molecule has 5 nitrogen and oxygen atoms in total. The zero-order valence-electron chi connectivity index (χ0n) is 13.6. The van der Waals surface area contributed by atoms with Crippen molar-refractivity contribution in [2.24, 2.45) is 7.05 Å². The van der Waals surface area contributed by atoms with Gasteiger partial charge in [-0.1, -0.05) is 18.1 Å². The third-order valence-corrected chi connectivity index (χ3v) is 3.49. The van der Waals surface area contributed by atoms with E-state index in [1.54, 1.807) is 37.6 Å². The van der Waals surface area contributed by atoms with Crippen LogP contribution in [-0.4, -0.2) is 15.5 Å². The third kappa shape index (κ3) is 4.21. The Bertz CT molecular complexity index is 1030. The van der Waals surface area contributed by atoms with Crippen LogP contribution < -0.4 is 10.9 Å². The summed E-state index contributed by atoms with van der Waals surface area (Å²) >= 11 is 0. The number of rotatable bonds is 2. The molecule has 3 aromatic rings. The van der Waals surface area contributed by atoms with Gasteiger partial charge in [-0.2, -0.15) is 0 Å². The highest BCUT2D eigenvalue weighted by Crippen LogP contribution is 2.11. The zero-order valence-corrected chi connectivity index (χ0v) is 13.6. The highest BCUT2D eigenvalue weighted by molar-refractivity contribution is 6.04. The minimum absolute atomic E-state index is 0.234. The van der Waals surface area contributed by atoms with Crippen LogP contribution in [-0.2, 0) is 7.05 Å². The average molecular weight is 329 g/mol. The number of hydrogen-bond donors (Lipinski definition) is 1. The number of aryl methyl sites for hydroxylation is 1. The van der Waals surface area contributed by atoms with Gasteiger partial charge < -0.3 is 9.88 Å². The molecule has 2 heterocycles. The van der Waals surface area contributed by atoms with Crippen LogP contribution in [0.4, 0.5) is 5.69 Å². The lowest BCUT2D eigenvalue weighted by Crippen LogP contribution is -2.19. The van der Waals surface area contributed by atoms with Gasteiger partial charge in [-0.05, 0) is 42.3 Å². The number of nitrogens with one attached hydrogen (secondary N) is 1. The van der Waals surface area contributed by atoms with Crippen molar-refractivity contribution in [2.45, 2.75) is 0 Å². The number of carbonyl (C=O) groups excluding carboxylic acids is 1. The van der Waals surface area contributed by atoms with Crippen molar-refractivity contribution in [1.29, 1.82) is 0 Å². The second-order valence-electron chi connectivity index (χ2n) is 5.36. The zero-order chi connectivity index (χ0) is 17.6. The number of anilines is 1. The molecule has 1 aromatic carbocycles. The predicted molar refractivity (Wildman–Crippen MR) is 96.3 cm³/mol. The molecule has 0 aliphatic heterocycles. The molecule has 0 fully saturated rings. The lowest BCUT2D eigenvalue weighted by Gasteiger charge is -2.06. The highest BCUT2D eigenvalue weighted by Gasteiger charge is 2.07. The van der Waals surface area contributed by atoms with E-state index >= 15 is 0 Å². The minimum Gasteiger partial charge on any atom is -0.322 e. The Morgan fingerprint density at radius 1 is 1.08 bits per heavy atom. The number of nitrogens with zero attached hydrogens (tertiary/aromatic N) is 2. The first-order valence-corrected chi connectivity index (χ1v) is 7.63. The van der Waals surface area contributed by atoms with Gasteiger partial charge in [-0.25, -0.2) is 4.98 Å². The lowest BCUT2D eigenvalue weighted by atomic mass is 10.2. The molecule has 25 heavy (non-hydrogen) atoms. The van der Waals surface area contributed by atoms with Crippen molar-refractivity contribution in [1.82, 2.24) is 9.55 Å². The van der Waals surface area contributed by atoms with Gasteiger partial charge >= 0.3 is 0 Å². The van der Waals surface area contributed by atoms with Gasteiger partial charge in [0.1, 0.15) is 5.69 Å². The van der Waals surface area contributed by atoms with Crippen LogP contribution in [0.25, 0.3) is 0 Å². The fourth-order valence-corrected chi connectivity index (χ4v) is 2.14. The van der Waals surface area contributed by atoms with E-state index in [0.717, 1.165) is 5.56 Å². The average Bonchev–Trinajstić information content (AvgIpc) is 2.63. The van der Waals surface area contributed by atoms with Gasteiger partial charge in [0.15, 0.2) is 0 Å². The van der Waals surface area contributed by atoms with E-state index in [1.807, 2.05) is 30.3 Å². The number of aromatic nitrogens is 2. The Hall–Kier alpha value is -3.65. The topological polar surface area (TPSA) is 64.0 Å². The molecule has 0 aliphatic rings. The minimum atomic E-state index is -0.340. The second kappa shape index (κ2) is 7.28. The summed E-state index contributed by atoms with van der Waals surface area (Å²) in [6.45, 7) is 0. The van der Waals surface area contributed by atoms with E-state index in [-0.39, 0.29) is 11.5 Å². The Labute approximate surface area is 145 Å². The highest BCUT2D eigenvalue weighted by atomic mass is 16.2. The van der Waals surface area contributed by atoms with E-state index in [0.29, 0.717) is 16.9 Å². The molecule has 0 saturated carbocycles. The fourth-order valence-electron chi connectivity index (χ4n) is 2.14. The second-order valence-corrected chi connectivity index (χ2v) is 5.36. The summed E-state index contributed by atoms with van der Waals surface area (Å²) in [5.74, 6) is 5.64. The smallest absolute Gasteiger partial charge is 0.255 e. The van der Waals surface area contributed by atoms with E-state index in [9.17, 15) is 9.59 Å². The molecule has 0 bridgehead atoms. The molecule has 1 amide bonds. The first-order valence-electron chi connectivity index (χ1n) is 7.63. The molecule has 122 valence electrons. The monoisotopic (exact) mass is 329 g/mol. The van der Waals surface area contributed by atoms with Gasteiger partial charge in [0.05, 0.1) is 0 Å². The Morgan fingerprint density at radius 2 is 1.96 bits per heavy atom. The molecule has 5 heteroatoms. The Morgan fingerprint density at radius 3 is 2.72 bits per heavy atom. The predicted octanol–water partition coefficient (Wildman–Crippen LogP) is 2.43. The van der Waals surface area contributed by atoms with Crippen molar-refractivity contribution >= 4 is 11.6 Å². The van der Waals surface area contributed by atoms with E-state index in [4.69, 9.17) is 0 Å². The van der Waals surface area contributed by atoms with Crippen LogP contribution in [0.5, 0.6) is 0 Å². The van der Waals surface area contributed by atoms with Gasteiger partial charge in [-0.3, -0.25) is 9.59 Å². The SMILES string of the molecule is Cn1ccc(C(=O)Nc2cccc(C#Cc3ccccn3)c2)cc1=O. The van der Waals surface area contributed by atoms with Gasteiger partial charge in [0, 0.05) is 42.3 Å². The van der Waals surface area contributed by atoms with Crippen LogP contribution in [0.15, 0.2) is 71.8 Å². The molecular formula is C20H15N3O2. The number of amides is 1. The summed E-state index contributed by atoms with van der Waals surface area (Å²) in [5, 5.41) is 2.77.